The summed E-state index contributed by atoms with van der Waals surface area (Å²) in [5, 5.41) is 0. The largest absolute Gasteiger partial charge is 0.359 e. The van der Waals surface area contributed by atoms with Crippen molar-refractivity contribution in [1.29, 1.82) is 0 Å². The highest BCUT2D eigenvalue weighted by Gasteiger charge is 2.52. The number of carbonyl (C=O) groups is 2. The Morgan fingerprint density at radius 1 is 0.763 bits per heavy atom. The molecule has 0 bridgehead atoms. The number of carbonyl (C=O) groups excluding carboxylic acids is 2. The maximum atomic E-state index is 13.5. The predicted molar refractivity (Wildman–Crippen MR) is 144 cm³/mol. The van der Waals surface area contributed by atoms with Crippen molar-refractivity contribution in [2.75, 3.05) is 6.61 Å². The van der Waals surface area contributed by atoms with Crippen molar-refractivity contribution < 1.29 is 19.1 Å². The summed E-state index contributed by atoms with van der Waals surface area (Å²) in [7, 11) is 0. The summed E-state index contributed by atoms with van der Waals surface area (Å²) in [6.45, 7) is 0.207. The third kappa shape index (κ3) is 4.44. The van der Waals surface area contributed by atoms with E-state index in [2.05, 4.69) is 36.4 Å². The molecule has 4 aromatic carbocycles. The molecule has 0 saturated carbocycles. The van der Waals surface area contributed by atoms with Gasteiger partial charge in [0.1, 0.15) is 11.7 Å². The summed E-state index contributed by atoms with van der Waals surface area (Å²) in [6, 6.07) is 39.6. The average molecular weight is 504 g/mol. The summed E-state index contributed by atoms with van der Waals surface area (Å²) in [5.74, 6) is -0.449. The molecule has 0 radical (unpaired) electrons. The third-order valence-corrected chi connectivity index (χ3v) is 7.46. The van der Waals surface area contributed by atoms with Crippen LogP contribution in [0.15, 0.2) is 121 Å². The second-order valence-corrected chi connectivity index (χ2v) is 9.77. The van der Waals surface area contributed by atoms with Crippen LogP contribution in [0.3, 0.4) is 0 Å². The van der Waals surface area contributed by atoms with Gasteiger partial charge < -0.3 is 9.47 Å². The SMILES string of the molecule is O=C1CC[C@@H](COC(c2ccccc2)(c2ccccc2)c2ccccc2)N1C(=O)[C@H]1O[C@H]1c1ccccc1. The molecule has 190 valence electrons. The van der Waals surface area contributed by atoms with Gasteiger partial charge in [-0.3, -0.25) is 14.5 Å². The molecule has 0 aliphatic carbocycles. The molecule has 6 rings (SSSR count). The average Bonchev–Trinajstić information content (AvgIpc) is 3.71. The fourth-order valence-electron chi connectivity index (χ4n) is 5.53. The number of ether oxygens (including phenoxy) is 2. The van der Waals surface area contributed by atoms with E-state index in [-0.39, 0.29) is 30.6 Å². The molecule has 2 saturated heterocycles. The lowest BCUT2D eigenvalue weighted by molar-refractivity contribution is -0.146. The molecule has 5 heteroatoms. The third-order valence-electron chi connectivity index (χ3n) is 7.46. The first-order chi connectivity index (χ1) is 18.7. The van der Waals surface area contributed by atoms with Crippen LogP contribution in [0.5, 0.6) is 0 Å². The van der Waals surface area contributed by atoms with E-state index in [1.807, 2.05) is 84.9 Å². The molecule has 2 amide bonds. The van der Waals surface area contributed by atoms with Crippen LogP contribution in [-0.4, -0.2) is 35.5 Å². The summed E-state index contributed by atoms with van der Waals surface area (Å²) >= 11 is 0. The van der Waals surface area contributed by atoms with Crippen molar-refractivity contribution in [2.24, 2.45) is 0 Å². The van der Waals surface area contributed by atoms with Crippen molar-refractivity contribution in [3.63, 3.8) is 0 Å². The van der Waals surface area contributed by atoms with Gasteiger partial charge in [0.15, 0.2) is 6.10 Å². The van der Waals surface area contributed by atoms with Crippen molar-refractivity contribution in [1.82, 2.24) is 4.90 Å². The molecule has 0 N–H and O–H groups in total. The first-order valence-corrected chi connectivity index (χ1v) is 13.1. The number of nitrogens with zero attached hydrogens (tertiary/aromatic N) is 1. The molecule has 2 fully saturated rings. The standard InChI is InChI=1S/C33H29NO4/c35-29-22-21-28(34(29)32(36)31-30(38-31)24-13-5-1-6-14-24)23-37-33(25-15-7-2-8-16-25,26-17-9-3-10-18-26)27-19-11-4-12-20-27/h1-20,28,30-31H,21-23H2/t28-,30-,31-/m0/s1. The molecular weight excluding hydrogens is 474 g/mol. The van der Waals surface area contributed by atoms with Crippen LogP contribution in [0.2, 0.25) is 0 Å². The smallest absolute Gasteiger partial charge is 0.261 e. The van der Waals surface area contributed by atoms with Gasteiger partial charge in [0.25, 0.3) is 5.91 Å². The zero-order valence-electron chi connectivity index (χ0n) is 21.0. The summed E-state index contributed by atoms with van der Waals surface area (Å²) in [4.78, 5) is 27.8. The van der Waals surface area contributed by atoms with Gasteiger partial charge in [-0.2, -0.15) is 0 Å². The van der Waals surface area contributed by atoms with Crippen molar-refractivity contribution in [3.05, 3.63) is 144 Å². The fourth-order valence-corrected chi connectivity index (χ4v) is 5.53. The number of likely N-dealkylation sites (tertiary alicyclic amines) is 1. The topological polar surface area (TPSA) is 59.1 Å². The van der Waals surface area contributed by atoms with Gasteiger partial charge in [-0.05, 0) is 28.7 Å². The first-order valence-electron chi connectivity index (χ1n) is 13.1. The highest BCUT2D eigenvalue weighted by atomic mass is 16.6. The summed E-state index contributed by atoms with van der Waals surface area (Å²) in [5.41, 5.74) is 2.98. The Kier molecular flexibility index (Phi) is 6.62. The van der Waals surface area contributed by atoms with Gasteiger partial charge in [0, 0.05) is 6.42 Å². The lowest BCUT2D eigenvalue weighted by atomic mass is 9.80. The van der Waals surface area contributed by atoms with Crippen molar-refractivity contribution >= 4 is 11.8 Å². The molecule has 2 aliphatic heterocycles. The van der Waals surface area contributed by atoms with Gasteiger partial charge in [-0.15, -0.1) is 0 Å². The minimum absolute atomic E-state index is 0.171. The van der Waals surface area contributed by atoms with E-state index in [0.29, 0.717) is 12.8 Å². The lowest BCUT2D eigenvalue weighted by Gasteiger charge is -2.37. The fraction of sp³-hybridized carbons (Fsp3) is 0.212. The Hall–Kier alpha value is -4.06. The van der Waals surface area contributed by atoms with Crippen LogP contribution in [0.1, 0.15) is 41.2 Å². The van der Waals surface area contributed by atoms with E-state index >= 15 is 0 Å². The van der Waals surface area contributed by atoms with E-state index in [1.54, 1.807) is 0 Å². The number of imide groups is 1. The Balaban J connectivity index is 1.31. The van der Waals surface area contributed by atoms with Crippen LogP contribution in [0.4, 0.5) is 0 Å². The molecule has 0 unspecified atom stereocenters. The highest BCUT2D eigenvalue weighted by molar-refractivity contribution is 6.00. The molecule has 3 atom stereocenters. The van der Waals surface area contributed by atoms with Gasteiger partial charge in [-0.25, -0.2) is 0 Å². The van der Waals surface area contributed by atoms with Gasteiger partial charge >= 0.3 is 0 Å². The van der Waals surface area contributed by atoms with Crippen molar-refractivity contribution in [2.45, 2.75) is 36.7 Å². The predicted octanol–water partition coefficient (Wildman–Crippen LogP) is 5.65. The second-order valence-electron chi connectivity index (χ2n) is 9.77. The first kappa shape index (κ1) is 24.3. The van der Waals surface area contributed by atoms with Gasteiger partial charge in [0.05, 0.1) is 12.6 Å². The van der Waals surface area contributed by atoms with E-state index in [1.165, 1.54) is 4.90 Å². The molecular formula is C33H29NO4. The summed E-state index contributed by atoms with van der Waals surface area (Å²) in [6.07, 6.45) is -0.0704. The molecule has 2 aliphatic rings. The lowest BCUT2D eigenvalue weighted by Crippen LogP contribution is -2.45. The van der Waals surface area contributed by atoms with Crippen LogP contribution in [0.25, 0.3) is 0 Å². The van der Waals surface area contributed by atoms with Gasteiger partial charge in [0.2, 0.25) is 5.91 Å². The maximum Gasteiger partial charge on any atom is 0.261 e. The number of benzene rings is 4. The Labute approximate surface area is 222 Å². The van der Waals surface area contributed by atoms with E-state index < -0.39 is 11.7 Å². The van der Waals surface area contributed by atoms with Crippen molar-refractivity contribution in [3.8, 4) is 0 Å². The number of epoxide rings is 1. The number of amides is 2. The van der Waals surface area contributed by atoms with Gasteiger partial charge in [-0.1, -0.05) is 121 Å². The second kappa shape index (κ2) is 10.4. The molecule has 4 aromatic rings. The molecule has 2 heterocycles. The molecule has 0 aromatic heterocycles. The molecule has 5 nitrogen and oxygen atoms in total. The van der Waals surface area contributed by atoms with Crippen LogP contribution >= 0.6 is 0 Å². The number of hydrogen-bond donors (Lipinski definition) is 0. The minimum Gasteiger partial charge on any atom is -0.359 e. The quantitative estimate of drug-likeness (QED) is 0.177. The normalized spacial score (nSPS) is 20.9. The Morgan fingerprint density at radius 3 is 1.74 bits per heavy atom. The van der Waals surface area contributed by atoms with E-state index in [4.69, 9.17) is 9.47 Å². The zero-order chi connectivity index (χ0) is 26.0. The molecule has 38 heavy (non-hydrogen) atoms. The minimum atomic E-state index is -0.910. The number of rotatable bonds is 8. The van der Waals surface area contributed by atoms with Crippen LogP contribution < -0.4 is 0 Å². The van der Waals surface area contributed by atoms with Crippen LogP contribution in [0, 0.1) is 0 Å². The Bertz CT molecular complexity index is 1300. The maximum absolute atomic E-state index is 13.5. The zero-order valence-corrected chi connectivity index (χ0v) is 21.0. The summed E-state index contributed by atoms with van der Waals surface area (Å²) < 4.78 is 12.7. The Morgan fingerprint density at radius 2 is 1.24 bits per heavy atom. The van der Waals surface area contributed by atoms with E-state index in [9.17, 15) is 9.59 Å². The van der Waals surface area contributed by atoms with E-state index in [0.717, 1.165) is 22.3 Å². The number of hydrogen-bond acceptors (Lipinski definition) is 4. The highest BCUT2D eigenvalue weighted by Crippen LogP contribution is 2.43. The van der Waals surface area contributed by atoms with Crippen LogP contribution in [-0.2, 0) is 24.7 Å². The molecule has 0 spiro atoms. The monoisotopic (exact) mass is 503 g/mol.